The highest BCUT2D eigenvalue weighted by atomic mass is 16.2. The van der Waals surface area contributed by atoms with Crippen LogP contribution >= 0.6 is 0 Å². The first-order valence-electron chi connectivity index (χ1n) is 7.94. The summed E-state index contributed by atoms with van der Waals surface area (Å²) in [6, 6.07) is 0.539. The Labute approximate surface area is 118 Å². The van der Waals surface area contributed by atoms with Gasteiger partial charge in [0.2, 0.25) is 5.91 Å². The average molecular weight is 269 g/mol. The van der Waals surface area contributed by atoms with Crippen molar-refractivity contribution in [1.82, 2.24) is 15.5 Å². The summed E-state index contributed by atoms with van der Waals surface area (Å²) in [4.78, 5) is 14.4. The molecule has 2 unspecified atom stereocenters. The van der Waals surface area contributed by atoms with Gasteiger partial charge in [-0.05, 0) is 45.7 Å². The van der Waals surface area contributed by atoms with Crippen molar-refractivity contribution in [2.45, 2.75) is 65.0 Å². The second-order valence-corrected chi connectivity index (χ2v) is 5.61. The summed E-state index contributed by atoms with van der Waals surface area (Å²) in [6.45, 7) is 10.2. The standard InChI is InChI=1S/C15H31N3O/c1-4-9-17-15(19)13(3)18(11-5-2)12-14-8-6-7-10-16-14/h13-14,16H,4-12H2,1-3H3,(H,17,19). The molecule has 1 aliphatic rings. The molecule has 1 rings (SSSR count). The summed E-state index contributed by atoms with van der Waals surface area (Å²) in [5, 5.41) is 6.58. The maximum absolute atomic E-state index is 12.1. The van der Waals surface area contributed by atoms with Gasteiger partial charge in [0.05, 0.1) is 6.04 Å². The molecule has 2 atom stereocenters. The molecule has 1 aliphatic heterocycles. The van der Waals surface area contributed by atoms with Gasteiger partial charge in [-0.2, -0.15) is 0 Å². The van der Waals surface area contributed by atoms with Crippen LogP contribution in [-0.2, 0) is 4.79 Å². The van der Waals surface area contributed by atoms with Gasteiger partial charge in [0, 0.05) is 19.1 Å². The van der Waals surface area contributed by atoms with Crippen LogP contribution in [0.25, 0.3) is 0 Å². The molecule has 0 spiro atoms. The van der Waals surface area contributed by atoms with Crippen molar-refractivity contribution in [1.29, 1.82) is 0 Å². The molecule has 1 amide bonds. The van der Waals surface area contributed by atoms with Crippen molar-refractivity contribution >= 4 is 5.91 Å². The number of hydrogen-bond acceptors (Lipinski definition) is 3. The van der Waals surface area contributed by atoms with E-state index in [1.165, 1.54) is 19.3 Å². The van der Waals surface area contributed by atoms with Gasteiger partial charge in [0.1, 0.15) is 0 Å². The molecule has 0 radical (unpaired) electrons. The maximum Gasteiger partial charge on any atom is 0.237 e. The van der Waals surface area contributed by atoms with E-state index in [-0.39, 0.29) is 11.9 Å². The minimum absolute atomic E-state index is 0.0183. The summed E-state index contributed by atoms with van der Waals surface area (Å²) >= 11 is 0. The van der Waals surface area contributed by atoms with E-state index < -0.39 is 0 Å². The summed E-state index contributed by atoms with van der Waals surface area (Å²) in [5.74, 6) is 0.172. The fourth-order valence-electron chi connectivity index (χ4n) is 2.65. The molecule has 1 fully saturated rings. The summed E-state index contributed by atoms with van der Waals surface area (Å²) < 4.78 is 0. The second kappa shape index (κ2) is 9.32. The molecule has 19 heavy (non-hydrogen) atoms. The van der Waals surface area contributed by atoms with Crippen molar-refractivity contribution in [3.63, 3.8) is 0 Å². The van der Waals surface area contributed by atoms with Gasteiger partial charge >= 0.3 is 0 Å². The third-order valence-electron chi connectivity index (χ3n) is 3.85. The largest absolute Gasteiger partial charge is 0.355 e. The number of rotatable bonds is 8. The highest BCUT2D eigenvalue weighted by Gasteiger charge is 2.23. The zero-order chi connectivity index (χ0) is 14.1. The molecule has 112 valence electrons. The fourth-order valence-corrected chi connectivity index (χ4v) is 2.65. The van der Waals surface area contributed by atoms with Gasteiger partial charge in [0.15, 0.2) is 0 Å². The molecule has 0 aliphatic carbocycles. The molecule has 0 bridgehead atoms. The van der Waals surface area contributed by atoms with Crippen LogP contribution in [0.4, 0.5) is 0 Å². The monoisotopic (exact) mass is 269 g/mol. The van der Waals surface area contributed by atoms with Gasteiger partial charge < -0.3 is 10.6 Å². The van der Waals surface area contributed by atoms with Crippen LogP contribution in [0.3, 0.4) is 0 Å². The Hall–Kier alpha value is -0.610. The molecular weight excluding hydrogens is 238 g/mol. The SMILES string of the molecule is CCCNC(=O)C(C)N(CCC)CC1CCCCN1. The fraction of sp³-hybridized carbons (Fsp3) is 0.933. The van der Waals surface area contributed by atoms with Gasteiger partial charge in [0.25, 0.3) is 0 Å². The first kappa shape index (κ1) is 16.4. The third-order valence-corrected chi connectivity index (χ3v) is 3.85. The van der Waals surface area contributed by atoms with Crippen molar-refractivity contribution < 1.29 is 4.79 Å². The Morgan fingerprint density at radius 2 is 2.16 bits per heavy atom. The zero-order valence-electron chi connectivity index (χ0n) is 12.9. The number of amides is 1. The maximum atomic E-state index is 12.1. The molecule has 0 saturated carbocycles. The first-order chi connectivity index (χ1) is 9.19. The summed E-state index contributed by atoms with van der Waals surface area (Å²) in [5.41, 5.74) is 0. The molecule has 0 aromatic carbocycles. The Kier molecular flexibility index (Phi) is 8.07. The summed E-state index contributed by atoms with van der Waals surface area (Å²) in [6.07, 6.45) is 5.93. The predicted octanol–water partition coefficient (Wildman–Crippen LogP) is 1.76. The van der Waals surface area contributed by atoms with Crippen LogP contribution in [0.2, 0.25) is 0 Å². The Morgan fingerprint density at radius 3 is 2.74 bits per heavy atom. The van der Waals surface area contributed by atoms with E-state index in [1.54, 1.807) is 0 Å². The van der Waals surface area contributed by atoms with Crippen molar-refractivity contribution in [3.8, 4) is 0 Å². The van der Waals surface area contributed by atoms with E-state index in [0.717, 1.165) is 39.0 Å². The zero-order valence-corrected chi connectivity index (χ0v) is 12.9. The van der Waals surface area contributed by atoms with E-state index in [9.17, 15) is 4.79 Å². The third kappa shape index (κ3) is 5.91. The minimum atomic E-state index is -0.0183. The van der Waals surface area contributed by atoms with E-state index in [4.69, 9.17) is 0 Å². The second-order valence-electron chi connectivity index (χ2n) is 5.61. The molecule has 2 N–H and O–H groups in total. The molecule has 0 aromatic rings. The average Bonchev–Trinajstić information content (AvgIpc) is 2.44. The van der Waals surface area contributed by atoms with Gasteiger partial charge in [-0.3, -0.25) is 9.69 Å². The number of carbonyl (C=O) groups excluding carboxylic acids is 1. The minimum Gasteiger partial charge on any atom is -0.355 e. The highest BCUT2D eigenvalue weighted by molar-refractivity contribution is 5.81. The highest BCUT2D eigenvalue weighted by Crippen LogP contribution is 2.11. The smallest absolute Gasteiger partial charge is 0.237 e. The van der Waals surface area contributed by atoms with Crippen LogP contribution in [0, 0.1) is 0 Å². The number of piperidine rings is 1. The number of nitrogens with one attached hydrogen (secondary N) is 2. The molecule has 1 saturated heterocycles. The van der Waals surface area contributed by atoms with Crippen molar-refractivity contribution in [3.05, 3.63) is 0 Å². The Morgan fingerprint density at radius 1 is 1.37 bits per heavy atom. The molecule has 4 heteroatoms. The van der Waals surface area contributed by atoms with Crippen LogP contribution in [-0.4, -0.2) is 49.1 Å². The summed E-state index contributed by atoms with van der Waals surface area (Å²) in [7, 11) is 0. The van der Waals surface area contributed by atoms with Crippen LogP contribution in [0.1, 0.15) is 52.9 Å². The van der Waals surface area contributed by atoms with E-state index in [2.05, 4.69) is 29.4 Å². The molecular formula is C15H31N3O. The van der Waals surface area contributed by atoms with Gasteiger partial charge in [-0.1, -0.05) is 20.3 Å². The Bertz CT molecular complexity index is 252. The van der Waals surface area contributed by atoms with E-state index in [1.807, 2.05) is 6.92 Å². The number of carbonyl (C=O) groups is 1. The van der Waals surface area contributed by atoms with Crippen LogP contribution in [0.15, 0.2) is 0 Å². The van der Waals surface area contributed by atoms with Crippen molar-refractivity contribution in [2.75, 3.05) is 26.2 Å². The molecule has 4 nitrogen and oxygen atoms in total. The normalized spacial score (nSPS) is 21.4. The quantitative estimate of drug-likeness (QED) is 0.706. The lowest BCUT2D eigenvalue weighted by molar-refractivity contribution is -0.126. The van der Waals surface area contributed by atoms with E-state index >= 15 is 0 Å². The van der Waals surface area contributed by atoms with Crippen LogP contribution in [0.5, 0.6) is 0 Å². The topological polar surface area (TPSA) is 44.4 Å². The number of nitrogens with zero attached hydrogens (tertiary/aromatic N) is 1. The van der Waals surface area contributed by atoms with Gasteiger partial charge in [-0.25, -0.2) is 0 Å². The lowest BCUT2D eigenvalue weighted by atomic mass is 10.0. The lowest BCUT2D eigenvalue weighted by Crippen LogP contribution is -2.51. The Balaban J connectivity index is 2.46. The molecule has 1 heterocycles. The molecule has 0 aromatic heterocycles. The van der Waals surface area contributed by atoms with Crippen molar-refractivity contribution in [2.24, 2.45) is 0 Å². The number of hydrogen-bond donors (Lipinski definition) is 2. The first-order valence-corrected chi connectivity index (χ1v) is 7.94. The lowest BCUT2D eigenvalue weighted by Gasteiger charge is -2.33. The predicted molar refractivity (Wildman–Crippen MR) is 80.3 cm³/mol. The van der Waals surface area contributed by atoms with E-state index in [0.29, 0.717) is 6.04 Å². The van der Waals surface area contributed by atoms with Crippen LogP contribution < -0.4 is 10.6 Å². The van der Waals surface area contributed by atoms with Gasteiger partial charge in [-0.15, -0.1) is 0 Å².